The van der Waals surface area contributed by atoms with E-state index in [2.05, 4.69) is 20.5 Å². The van der Waals surface area contributed by atoms with E-state index in [0.29, 0.717) is 32.0 Å². The number of hydrogen-bond donors (Lipinski definition) is 2. The quantitative estimate of drug-likeness (QED) is 0.772. The summed E-state index contributed by atoms with van der Waals surface area (Å²) in [5.41, 5.74) is 0.942. The van der Waals surface area contributed by atoms with Crippen molar-refractivity contribution in [2.45, 2.75) is 50.7 Å². The van der Waals surface area contributed by atoms with Gasteiger partial charge in [0, 0.05) is 50.8 Å². The number of likely N-dealkylation sites (N-methyl/N-ethyl adjacent to an activating group) is 1. The number of hydrogen-bond acceptors (Lipinski definition) is 5. The zero-order valence-electron chi connectivity index (χ0n) is 15.3. The average Bonchev–Trinajstić information content (AvgIpc) is 3.07. The fraction of sp³-hybridized carbons (Fsp3) is 0.632. The fourth-order valence-corrected chi connectivity index (χ4v) is 3.90. The summed E-state index contributed by atoms with van der Waals surface area (Å²) in [6.45, 7) is 4.74. The van der Waals surface area contributed by atoms with Crippen molar-refractivity contribution in [3.05, 3.63) is 30.1 Å². The van der Waals surface area contributed by atoms with Crippen LogP contribution in [0.25, 0.3) is 0 Å². The fourth-order valence-electron chi connectivity index (χ4n) is 3.90. The maximum Gasteiger partial charge on any atom is 0.237 e. The van der Waals surface area contributed by atoms with Crippen molar-refractivity contribution < 1.29 is 14.3 Å². The van der Waals surface area contributed by atoms with E-state index in [1.54, 1.807) is 12.4 Å². The molecule has 2 fully saturated rings. The molecule has 0 unspecified atom stereocenters. The summed E-state index contributed by atoms with van der Waals surface area (Å²) < 4.78 is 5.46. The number of carbonyl (C=O) groups excluding carboxylic acids is 2. The van der Waals surface area contributed by atoms with Gasteiger partial charge in [-0.25, -0.2) is 0 Å². The Morgan fingerprint density at radius 1 is 1.27 bits per heavy atom. The monoisotopic (exact) mass is 360 g/mol. The number of amides is 2. The highest BCUT2D eigenvalue weighted by Gasteiger charge is 2.41. The largest absolute Gasteiger partial charge is 0.381 e. The Balaban J connectivity index is 1.61. The van der Waals surface area contributed by atoms with Gasteiger partial charge in [-0.2, -0.15) is 0 Å². The Labute approximate surface area is 154 Å². The van der Waals surface area contributed by atoms with Gasteiger partial charge in [0.05, 0.1) is 12.5 Å². The van der Waals surface area contributed by atoms with Gasteiger partial charge in [-0.05, 0) is 43.9 Å². The molecule has 2 aliphatic heterocycles. The third-order valence-corrected chi connectivity index (χ3v) is 5.13. The second-order valence-corrected chi connectivity index (χ2v) is 6.98. The molecule has 2 aliphatic rings. The zero-order chi connectivity index (χ0) is 18.4. The van der Waals surface area contributed by atoms with E-state index >= 15 is 0 Å². The van der Waals surface area contributed by atoms with Crippen LogP contribution >= 0.6 is 0 Å². The van der Waals surface area contributed by atoms with E-state index in [9.17, 15) is 9.59 Å². The van der Waals surface area contributed by atoms with E-state index in [4.69, 9.17) is 4.74 Å². The summed E-state index contributed by atoms with van der Waals surface area (Å²) >= 11 is 0. The molecular weight excluding hydrogens is 332 g/mol. The van der Waals surface area contributed by atoms with Crippen LogP contribution in [0.2, 0.25) is 0 Å². The van der Waals surface area contributed by atoms with E-state index < -0.39 is 0 Å². The first-order chi connectivity index (χ1) is 12.7. The number of nitrogens with zero attached hydrogens (tertiary/aromatic N) is 2. The average molecular weight is 360 g/mol. The highest BCUT2D eigenvalue weighted by atomic mass is 16.5. The number of ether oxygens (including phenoxy) is 1. The number of likely N-dealkylation sites (tertiary alicyclic amines) is 1. The first kappa shape index (κ1) is 18.8. The second-order valence-electron chi connectivity index (χ2n) is 6.98. The molecule has 0 aliphatic carbocycles. The minimum absolute atomic E-state index is 0.000196. The lowest BCUT2D eigenvalue weighted by Crippen LogP contribution is -2.49. The molecule has 1 aromatic heterocycles. The van der Waals surface area contributed by atoms with Gasteiger partial charge in [-0.15, -0.1) is 0 Å². The van der Waals surface area contributed by atoms with Crippen LogP contribution < -0.4 is 10.6 Å². The Hall–Kier alpha value is -1.99. The van der Waals surface area contributed by atoms with Crippen molar-refractivity contribution in [2.75, 3.05) is 26.3 Å². The van der Waals surface area contributed by atoms with Crippen molar-refractivity contribution in [1.82, 2.24) is 20.5 Å². The van der Waals surface area contributed by atoms with Crippen LogP contribution in [0.15, 0.2) is 24.5 Å². The third kappa shape index (κ3) is 4.80. The lowest BCUT2D eigenvalue weighted by molar-refractivity contribution is -0.127. The number of pyridine rings is 1. The lowest BCUT2D eigenvalue weighted by Gasteiger charge is -2.34. The summed E-state index contributed by atoms with van der Waals surface area (Å²) in [4.78, 5) is 31.1. The number of nitrogens with one attached hydrogen (secondary N) is 2. The highest BCUT2D eigenvalue weighted by Crippen LogP contribution is 2.26. The summed E-state index contributed by atoms with van der Waals surface area (Å²) in [7, 11) is 0. The van der Waals surface area contributed by atoms with E-state index in [1.807, 2.05) is 19.1 Å². The maximum absolute atomic E-state index is 12.5. The molecule has 7 heteroatoms. The molecule has 2 amide bonds. The smallest absolute Gasteiger partial charge is 0.237 e. The minimum atomic E-state index is -0.177. The normalized spacial score (nSPS) is 24.3. The van der Waals surface area contributed by atoms with E-state index in [0.717, 1.165) is 31.6 Å². The van der Waals surface area contributed by atoms with E-state index in [-0.39, 0.29) is 23.9 Å². The SMILES string of the molecule is CCNC(=O)[C@@H]1C[C@H](NC(=O)Cc2ccncc2)CN1C1CCOCC1. The van der Waals surface area contributed by atoms with Gasteiger partial charge in [-0.3, -0.25) is 19.5 Å². The topological polar surface area (TPSA) is 83.6 Å². The van der Waals surface area contributed by atoms with Crippen molar-refractivity contribution in [3.63, 3.8) is 0 Å². The molecule has 1 aromatic rings. The van der Waals surface area contributed by atoms with Crippen LogP contribution in [0, 0.1) is 0 Å². The van der Waals surface area contributed by atoms with Gasteiger partial charge in [0.2, 0.25) is 11.8 Å². The summed E-state index contributed by atoms with van der Waals surface area (Å²) in [5.74, 6) is 0.0505. The molecule has 0 radical (unpaired) electrons. The highest BCUT2D eigenvalue weighted by molar-refractivity contribution is 5.83. The first-order valence-electron chi connectivity index (χ1n) is 9.46. The summed E-state index contributed by atoms with van der Waals surface area (Å²) in [6.07, 6.45) is 6.25. The summed E-state index contributed by atoms with van der Waals surface area (Å²) in [5, 5.41) is 6.05. The lowest BCUT2D eigenvalue weighted by atomic mass is 10.1. The van der Waals surface area contributed by atoms with Gasteiger partial charge in [0.15, 0.2) is 0 Å². The maximum atomic E-state index is 12.5. The molecule has 0 spiro atoms. The number of aromatic nitrogens is 1. The Kier molecular flexibility index (Phi) is 6.57. The molecule has 2 saturated heterocycles. The van der Waals surface area contributed by atoms with Gasteiger partial charge in [0.25, 0.3) is 0 Å². The van der Waals surface area contributed by atoms with Gasteiger partial charge < -0.3 is 15.4 Å². The molecule has 0 aromatic carbocycles. The molecule has 3 rings (SSSR count). The molecule has 26 heavy (non-hydrogen) atoms. The van der Waals surface area contributed by atoms with Crippen LogP contribution in [0.1, 0.15) is 31.7 Å². The van der Waals surface area contributed by atoms with Crippen LogP contribution in [0.5, 0.6) is 0 Å². The molecule has 2 N–H and O–H groups in total. The van der Waals surface area contributed by atoms with Gasteiger partial charge in [0.1, 0.15) is 0 Å². The summed E-state index contributed by atoms with van der Waals surface area (Å²) in [6, 6.07) is 3.86. The van der Waals surface area contributed by atoms with Crippen molar-refractivity contribution in [3.8, 4) is 0 Å². The number of carbonyl (C=O) groups is 2. The molecule has 3 heterocycles. The molecule has 2 atom stereocenters. The predicted octanol–water partition coefficient (Wildman–Crippen LogP) is 0.498. The van der Waals surface area contributed by atoms with Gasteiger partial charge in [-0.1, -0.05) is 0 Å². The second kappa shape index (κ2) is 9.09. The third-order valence-electron chi connectivity index (χ3n) is 5.13. The van der Waals surface area contributed by atoms with Gasteiger partial charge >= 0.3 is 0 Å². The number of rotatable bonds is 6. The van der Waals surface area contributed by atoms with E-state index in [1.165, 1.54) is 0 Å². The molecule has 7 nitrogen and oxygen atoms in total. The van der Waals surface area contributed by atoms with Crippen molar-refractivity contribution in [1.29, 1.82) is 0 Å². The molecule has 142 valence electrons. The van der Waals surface area contributed by atoms with Crippen molar-refractivity contribution in [2.24, 2.45) is 0 Å². The first-order valence-corrected chi connectivity index (χ1v) is 9.46. The minimum Gasteiger partial charge on any atom is -0.381 e. The Bertz CT molecular complexity index is 604. The van der Waals surface area contributed by atoms with Crippen LogP contribution in [-0.2, 0) is 20.7 Å². The molecule has 0 saturated carbocycles. The zero-order valence-corrected chi connectivity index (χ0v) is 15.3. The van der Waals surface area contributed by atoms with Crippen LogP contribution in [0.4, 0.5) is 0 Å². The predicted molar refractivity (Wildman–Crippen MR) is 97.5 cm³/mol. The Morgan fingerprint density at radius 3 is 2.69 bits per heavy atom. The molecule has 0 bridgehead atoms. The van der Waals surface area contributed by atoms with Crippen LogP contribution in [-0.4, -0.2) is 66.1 Å². The van der Waals surface area contributed by atoms with Crippen molar-refractivity contribution >= 4 is 11.8 Å². The standard InChI is InChI=1S/C19H28N4O3/c1-2-21-19(25)17-12-15(13-23(17)16-5-9-26-10-6-16)22-18(24)11-14-3-7-20-8-4-14/h3-4,7-8,15-17H,2,5-6,9-13H2,1H3,(H,21,25)(H,22,24)/t15-,17-/m0/s1. The Morgan fingerprint density at radius 2 is 2.00 bits per heavy atom. The molecular formula is C19H28N4O3. The van der Waals surface area contributed by atoms with Crippen LogP contribution in [0.3, 0.4) is 0 Å².